The molecule has 1 fully saturated rings. The van der Waals surface area contributed by atoms with Crippen LogP contribution in [0, 0.1) is 5.92 Å². The van der Waals surface area contributed by atoms with Crippen LogP contribution in [0.25, 0.3) is 0 Å². The highest BCUT2D eigenvalue weighted by molar-refractivity contribution is 9.10. The lowest BCUT2D eigenvalue weighted by molar-refractivity contribution is 0.0804. The number of Topliss-reactive ketones (excluding diaryl/α,β-unsaturated/α-hetero) is 1. The molecular weight excluding hydrogens is 290 g/mol. The van der Waals surface area contributed by atoms with Crippen LogP contribution in [0.1, 0.15) is 37.0 Å². The van der Waals surface area contributed by atoms with E-state index in [-0.39, 0.29) is 5.78 Å². The molecule has 1 aliphatic heterocycles. The molecule has 1 aliphatic rings. The van der Waals surface area contributed by atoms with Crippen LogP contribution in [0.4, 0.5) is 0 Å². The molecule has 0 spiro atoms. The minimum absolute atomic E-state index is 0.212. The van der Waals surface area contributed by atoms with Gasteiger partial charge >= 0.3 is 0 Å². The van der Waals surface area contributed by atoms with E-state index in [4.69, 9.17) is 0 Å². The third-order valence-corrected chi connectivity index (χ3v) is 4.46. The number of likely N-dealkylation sites (tertiary alicyclic amines) is 1. The van der Waals surface area contributed by atoms with Crippen LogP contribution in [0.3, 0.4) is 0 Å². The Morgan fingerprint density at radius 1 is 1.33 bits per heavy atom. The standard InChI is InChI=1S/C15H20BrNO/c1-11-7-8-12(2)17(9-11)10-15(18)13-5-3-4-6-14(13)16/h3-6,11-12H,7-10H2,1-2H3. The Hall–Kier alpha value is -0.670. The molecule has 18 heavy (non-hydrogen) atoms. The molecule has 2 atom stereocenters. The summed E-state index contributed by atoms with van der Waals surface area (Å²) in [4.78, 5) is 14.6. The van der Waals surface area contributed by atoms with E-state index in [9.17, 15) is 4.79 Å². The van der Waals surface area contributed by atoms with Gasteiger partial charge in [-0.25, -0.2) is 0 Å². The molecule has 1 heterocycles. The van der Waals surface area contributed by atoms with Gasteiger partial charge in [-0.05, 0) is 31.7 Å². The van der Waals surface area contributed by atoms with Gasteiger partial charge in [-0.3, -0.25) is 9.69 Å². The molecule has 1 saturated heterocycles. The van der Waals surface area contributed by atoms with Crippen LogP contribution in [0.15, 0.2) is 28.7 Å². The van der Waals surface area contributed by atoms with Crippen LogP contribution < -0.4 is 0 Å². The predicted molar refractivity (Wildman–Crippen MR) is 77.9 cm³/mol. The predicted octanol–water partition coefficient (Wildman–Crippen LogP) is 3.75. The summed E-state index contributed by atoms with van der Waals surface area (Å²) in [6, 6.07) is 8.19. The fourth-order valence-electron chi connectivity index (χ4n) is 2.56. The summed E-state index contributed by atoms with van der Waals surface area (Å²) in [5.41, 5.74) is 0.794. The normalized spacial score (nSPS) is 25.1. The summed E-state index contributed by atoms with van der Waals surface area (Å²) in [7, 11) is 0. The molecule has 2 rings (SSSR count). The number of hydrogen-bond acceptors (Lipinski definition) is 2. The van der Waals surface area contributed by atoms with Gasteiger partial charge in [-0.15, -0.1) is 0 Å². The lowest BCUT2D eigenvalue weighted by Gasteiger charge is -2.36. The lowest BCUT2D eigenvalue weighted by Crippen LogP contribution is -2.43. The maximum absolute atomic E-state index is 12.3. The van der Waals surface area contributed by atoms with Gasteiger partial charge in [-0.2, -0.15) is 0 Å². The number of halogens is 1. The molecule has 0 aliphatic carbocycles. The van der Waals surface area contributed by atoms with Crippen molar-refractivity contribution in [1.82, 2.24) is 4.90 Å². The second-order valence-corrected chi connectivity index (χ2v) is 6.22. The first-order valence-electron chi connectivity index (χ1n) is 6.59. The fraction of sp³-hybridized carbons (Fsp3) is 0.533. The average Bonchev–Trinajstić information content (AvgIpc) is 2.34. The third kappa shape index (κ3) is 3.21. The molecule has 3 heteroatoms. The SMILES string of the molecule is CC1CCC(C)N(CC(=O)c2ccccc2Br)C1. The lowest BCUT2D eigenvalue weighted by atomic mass is 9.94. The number of carbonyl (C=O) groups excluding carboxylic acids is 1. The smallest absolute Gasteiger partial charge is 0.177 e. The minimum atomic E-state index is 0.212. The van der Waals surface area contributed by atoms with Gasteiger partial charge in [-0.1, -0.05) is 41.1 Å². The summed E-state index contributed by atoms with van der Waals surface area (Å²) >= 11 is 3.45. The summed E-state index contributed by atoms with van der Waals surface area (Å²) in [6.07, 6.45) is 2.48. The number of rotatable bonds is 3. The van der Waals surface area contributed by atoms with Crippen molar-refractivity contribution in [3.05, 3.63) is 34.3 Å². The second kappa shape index (κ2) is 5.98. The molecule has 0 N–H and O–H groups in total. The molecule has 0 saturated carbocycles. The van der Waals surface area contributed by atoms with Crippen LogP contribution in [0.5, 0.6) is 0 Å². The van der Waals surface area contributed by atoms with Gasteiger partial charge in [0.25, 0.3) is 0 Å². The molecule has 2 unspecified atom stereocenters. The van der Waals surface area contributed by atoms with E-state index >= 15 is 0 Å². The van der Waals surface area contributed by atoms with E-state index in [1.54, 1.807) is 0 Å². The highest BCUT2D eigenvalue weighted by Gasteiger charge is 2.25. The van der Waals surface area contributed by atoms with Crippen molar-refractivity contribution in [3.63, 3.8) is 0 Å². The zero-order valence-electron chi connectivity index (χ0n) is 11.0. The first-order valence-corrected chi connectivity index (χ1v) is 7.39. The monoisotopic (exact) mass is 309 g/mol. The maximum Gasteiger partial charge on any atom is 0.177 e. The Morgan fingerprint density at radius 2 is 2.06 bits per heavy atom. The van der Waals surface area contributed by atoms with Crippen molar-refractivity contribution in [2.24, 2.45) is 5.92 Å². The van der Waals surface area contributed by atoms with Crippen LogP contribution in [0.2, 0.25) is 0 Å². The van der Waals surface area contributed by atoms with E-state index in [0.29, 0.717) is 18.5 Å². The molecule has 1 aromatic rings. The van der Waals surface area contributed by atoms with Crippen molar-refractivity contribution in [2.75, 3.05) is 13.1 Å². The molecule has 0 aromatic heterocycles. The first-order chi connectivity index (χ1) is 8.58. The van der Waals surface area contributed by atoms with Crippen LogP contribution in [-0.2, 0) is 0 Å². The number of hydrogen-bond donors (Lipinski definition) is 0. The zero-order valence-corrected chi connectivity index (χ0v) is 12.6. The van der Waals surface area contributed by atoms with Crippen molar-refractivity contribution in [3.8, 4) is 0 Å². The van der Waals surface area contributed by atoms with Gasteiger partial charge in [0, 0.05) is 22.6 Å². The van der Waals surface area contributed by atoms with Gasteiger partial charge < -0.3 is 0 Å². The highest BCUT2D eigenvalue weighted by atomic mass is 79.9. The van der Waals surface area contributed by atoms with Gasteiger partial charge in [0.05, 0.1) is 6.54 Å². The second-order valence-electron chi connectivity index (χ2n) is 5.36. The molecule has 0 amide bonds. The van der Waals surface area contributed by atoms with E-state index < -0.39 is 0 Å². The molecule has 0 bridgehead atoms. The Balaban J connectivity index is 2.05. The van der Waals surface area contributed by atoms with Gasteiger partial charge in [0.2, 0.25) is 0 Å². The largest absolute Gasteiger partial charge is 0.293 e. The summed E-state index contributed by atoms with van der Waals surface area (Å²) < 4.78 is 0.896. The number of benzene rings is 1. The molecule has 2 nitrogen and oxygen atoms in total. The topological polar surface area (TPSA) is 20.3 Å². The third-order valence-electron chi connectivity index (χ3n) is 3.77. The van der Waals surface area contributed by atoms with Crippen molar-refractivity contribution < 1.29 is 4.79 Å². The fourth-order valence-corrected chi connectivity index (χ4v) is 3.06. The Bertz CT molecular complexity index is 432. The average molecular weight is 310 g/mol. The van der Waals surface area contributed by atoms with Crippen LogP contribution in [-0.4, -0.2) is 29.8 Å². The summed E-state index contributed by atoms with van der Waals surface area (Å²) in [5.74, 6) is 0.914. The van der Waals surface area contributed by atoms with Crippen LogP contribution >= 0.6 is 15.9 Å². The minimum Gasteiger partial charge on any atom is -0.293 e. The Kier molecular flexibility index (Phi) is 4.57. The van der Waals surface area contributed by atoms with Crippen molar-refractivity contribution in [2.45, 2.75) is 32.7 Å². The maximum atomic E-state index is 12.3. The van der Waals surface area contributed by atoms with Crippen molar-refractivity contribution >= 4 is 21.7 Å². The first kappa shape index (κ1) is 13.8. The van der Waals surface area contributed by atoms with Gasteiger partial charge in [0.1, 0.15) is 0 Å². The van der Waals surface area contributed by atoms with E-state index in [1.807, 2.05) is 24.3 Å². The highest BCUT2D eigenvalue weighted by Crippen LogP contribution is 2.23. The van der Waals surface area contributed by atoms with Crippen molar-refractivity contribution in [1.29, 1.82) is 0 Å². The zero-order chi connectivity index (χ0) is 13.1. The Morgan fingerprint density at radius 3 is 2.78 bits per heavy atom. The summed E-state index contributed by atoms with van der Waals surface area (Å²) in [5, 5.41) is 0. The number of carbonyl (C=O) groups is 1. The molecule has 1 aromatic carbocycles. The molecule has 0 radical (unpaired) electrons. The van der Waals surface area contributed by atoms with E-state index in [2.05, 4.69) is 34.7 Å². The number of piperidine rings is 1. The number of ketones is 1. The quantitative estimate of drug-likeness (QED) is 0.793. The summed E-state index contributed by atoms with van der Waals surface area (Å²) in [6.45, 7) is 6.06. The van der Waals surface area contributed by atoms with Gasteiger partial charge in [0.15, 0.2) is 5.78 Å². The Labute approximate surface area is 117 Å². The van der Waals surface area contributed by atoms with E-state index in [0.717, 1.165) is 16.6 Å². The van der Waals surface area contributed by atoms with E-state index in [1.165, 1.54) is 12.8 Å². The number of nitrogens with zero attached hydrogens (tertiary/aromatic N) is 1. The molecular formula is C15H20BrNO. The molecule has 98 valence electrons.